The number of H-pyrrole nitrogens is 1. The van der Waals surface area contributed by atoms with Crippen LogP contribution in [-0.4, -0.2) is 46.5 Å². The summed E-state index contributed by atoms with van der Waals surface area (Å²) in [6.45, 7) is 4.62. The molecule has 0 radical (unpaired) electrons. The number of nitrogens with one attached hydrogen (secondary N) is 1. The summed E-state index contributed by atoms with van der Waals surface area (Å²) in [4.78, 5) is 29.6. The molecule has 9 heteroatoms. The number of nitrogens with zero attached hydrogens (tertiary/aromatic N) is 3. The zero-order chi connectivity index (χ0) is 24.0. The summed E-state index contributed by atoms with van der Waals surface area (Å²) in [7, 11) is 3.21. The number of aryl methyl sites for hydroxylation is 1. The van der Waals surface area contributed by atoms with Gasteiger partial charge in [-0.15, -0.1) is 11.3 Å². The van der Waals surface area contributed by atoms with E-state index in [-0.39, 0.29) is 5.91 Å². The van der Waals surface area contributed by atoms with Gasteiger partial charge in [0.25, 0.3) is 5.91 Å². The van der Waals surface area contributed by atoms with Gasteiger partial charge in [-0.3, -0.25) is 4.79 Å². The quantitative estimate of drug-likeness (QED) is 0.376. The van der Waals surface area contributed by atoms with Crippen molar-refractivity contribution in [2.45, 2.75) is 32.2 Å². The van der Waals surface area contributed by atoms with Gasteiger partial charge in [0.15, 0.2) is 11.5 Å². The summed E-state index contributed by atoms with van der Waals surface area (Å²) < 4.78 is 10.9. The second-order valence-electron chi connectivity index (χ2n) is 8.56. The molecule has 1 amide bonds. The van der Waals surface area contributed by atoms with Gasteiger partial charge < -0.3 is 19.4 Å². The van der Waals surface area contributed by atoms with Crippen molar-refractivity contribution in [3.63, 3.8) is 0 Å². The number of aromatic nitrogens is 3. The molecule has 1 N–H and O–H groups in total. The number of likely N-dealkylation sites (tertiary alicyclic amines) is 1. The summed E-state index contributed by atoms with van der Waals surface area (Å²) >= 11 is 7.59. The Labute approximate surface area is 206 Å². The summed E-state index contributed by atoms with van der Waals surface area (Å²) in [5, 5.41) is 1.50. The molecule has 34 heavy (non-hydrogen) atoms. The van der Waals surface area contributed by atoms with Crippen LogP contribution in [0, 0.1) is 6.92 Å². The predicted molar refractivity (Wildman–Crippen MR) is 134 cm³/mol. The number of carbonyl (C=O) groups excluding carboxylic acids is 1. The van der Waals surface area contributed by atoms with Crippen LogP contribution in [0.5, 0.6) is 11.5 Å². The number of amides is 1. The number of carbonyl (C=O) groups is 1. The first-order valence-corrected chi connectivity index (χ1v) is 12.2. The lowest BCUT2D eigenvalue weighted by atomic mass is 9.97. The SMILES string of the molecule is COc1cc2nc(C3(C)CCCN3C(=O)c3nc(C)sc3-c3ccc(Cl)cc3)[nH]c2cc1OC. The Balaban J connectivity index is 1.54. The van der Waals surface area contributed by atoms with Crippen molar-refractivity contribution in [3.05, 3.63) is 57.9 Å². The van der Waals surface area contributed by atoms with E-state index >= 15 is 0 Å². The minimum atomic E-state index is -0.592. The van der Waals surface area contributed by atoms with Crippen LogP contribution in [0.2, 0.25) is 5.02 Å². The van der Waals surface area contributed by atoms with E-state index in [0.29, 0.717) is 28.8 Å². The zero-order valence-electron chi connectivity index (χ0n) is 19.4. The lowest BCUT2D eigenvalue weighted by molar-refractivity contribution is 0.0601. The minimum Gasteiger partial charge on any atom is -0.493 e. The number of hydrogen-bond donors (Lipinski definition) is 1. The first kappa shape index (κ1) is 22.7. The largest absolute Gasteiger partial charge is 0.493 e. The number of methoxy groups -OCH3 is 2. The fourth-order valence-corrected chi connectivity index (χ4v) is 5.67. The van der Waals surface area contributed by atoms with Crippen LogP contribution in [0.4, 0.5) is 0 Å². The number of hydrogen-bond acceptors (Lipinski definition) is 6. The first-order chi connectivity index (χ1) is 16.3. The van der Waals surface area contributed by atoms with E-state index in [1.54, 1.807) is 14.2 Å². The lowest BCUT2D eigenvalue weighted by Gasteiger charge is -2.33. The van der Waals surface area contributed by atoms with Gasteiger partial charge in [0, 0.05) is 23.7 Å². The Morgan fingerprint density at radius 3 is 2.56 bits per heavy atom. The van der Waals surface area contributed by atoms with Gasteiger partial charge in [-0.1, -0.05) is 23.7 Å². The Bertz CT molecular complexity index is 1340. The van der Waals surface area contributed by atoms with Crippen LogP contribution < -0.4 is 9.47 Å². The summed E-state index contributed by atoms with van der Waals surface area (Å²) in [5.41, 5.74) is 2.41. The van der Waals surface area contributed by atoms with Crippen molar-refractivity contribution in [1.29, 1.82) is 0 Å². The number of halogens is 1. The topological polar surface area (TPSA) is 80.3 Å². The summed E-state index contributed by atoms with van der Waals surface area (Å²) in [5.74, 6) is 1.89. The molecule has 0 spiro atoms. The molecule has 0 bridgehead atoms. The van der Waals surface area contributed by atoms with Crippen molar-refractivity contribution in [3.8, 4) is 21.9 Å². The maximum absolute atomic E-state index is 13.9. The summed E-state index contributed by atoms with van der Waals surface area (Å²) in [6.07, 6.45) is 1.68. The average molecular weight is 497 g/mol. The molecular weight excluding hydrogens is 472 g/mol. The van der Waals surface area contributed by atoms with Crippen molar-refractivity contribution < 1.29 is 14.3 Å². The van der Waals surface area contributed by atoms with Gasteiger partial charge in [0.05, 0.1) is 40.7 Å². The van der Waals surface area contributed by atoms with E-state index in [0.717, 1.165) is 45.1 Å². The van der Waals surface area contributed by atoms with Crippen LogP contribution in [-0.2, 0) is 5.54 Å². The number of benzene rings is 2. The van der Waals surface area contributed by atoms with E-state index in [1.165, 1.54) is 11.3 Å². The van der Waals surface area contributed by atoms with Crippen LogP contribution in [0.3, 0.4) is 0 Å². The maximum atomic E-state index is 13.9. The van der Waals surface area contributed by atoms with E-state index in [9.17, 15) is 4.79 Å². The molecule has 2 aromatic carbocycles. The highest BCUT2D eigenvalue weighted by Gasteiger charge is 2.45. The highest BCUT2D eigenvalue weighted by molar-refractivity contribution is 7.15. The molecule has 176 valence electrons. The molecule has 0 aliphatic carbocycles. The van der Waals surface area contributed by atoms with Crippen LogP contribution >= 0.6 is 22.9 Å². The molecule has 3 heterocycles. The molecule has 5 rings (SSSR count). The first-order valence-electron chi connectivity index (χ1n) is 11.0. The highest BCUT2D eigenvalue weighted by Crippen LogP contribution is 2.41. The van der Waals surface area contributed by atoms with Gasteiger partial charge in [-0.2, -0.15) is 0 Å². The third kappa shape index (κ3) is 3.71. The Morgan fingerprint density at radius 1 is 1.15 bits per heavy atom. The van der Waals surface area contributed by atoms with Crippen molar-refractivity contribution >= 4 is 39.9 Å². The minimum absolute atomic E-state index is 0.0927. The van der Waals surface area contributed by atoms with E-state index < -0.39 is 5.54 Å². The van der Waals surface area contributed by atoms with E-state index in [1.807, 2.05) is 48.2 Å². The predicted octanol–water partition coefficient (Wildman–Crippen LogP) is 5.82. The Morgan fingerprint density at radius 2 is 1.85 bits per heavy atom. The molecule has 1 fully saturated rings. The fourth-order valence-electron chi connectivity index (χ4n) is 4.62. The van der Waals surface area contributed by atoms with Crippen LogP contribution in [0.25, 0.3) is 21.5 Å². The third-order valence-corrected chi connectivity index (χ3v) is 7.70. The molecule has 1 atom stereocenters. The number of thiazole rings is 1. The molecule has 1 unspecified atom stereocenters. The Hall–Kier alpha value is -3.10. The van der Waals surface area contributed by atoms with Crippen molar-refractivity contribution in [2.24, 2.45) is 0 Å². The number of fused-ring (bicyclic) bond motifs is 1. The molecular formula is C25H25ClN4O3S. The van der Waals surface area contributed by atoms with Gasteiger partial charge in [0.2, 0.25) is 0 Å². The van der Waals surface area contributed by atoms with Gasteiger partial charge in [0.1, 0.15) is 11.5 Å². The van der Waals surface area contributed by atoms with Crippen LogP contribution in [0.15, 0.2) is 36.4 Å². The van der Waals surface area contributed by atoms with Crippen LogP contribution in [0.1, 0.15) is 41.1 Å². The number of imidazole rings is 1. The molecule has 2 aromatic heterocycles. The van der Waals surface area contributed by atoms with Gasteiger partial charge in [-0.25, -0.2) is 9.97 Å². The van der Waals surface area contributed by atoms with Crippen molar-refractivity contribution in [1.82, 2.24) is 19.9 Å². The van der Waals surface area contributed by atoms with E-state index in [4.69, 9.17) is 26.1 Å². The third-order valence-electron chi connectivity index (χ3n) is 6.43. The smallest absolute Gasteiger partial charge is 0.274 e. The summed E-state index contributed by atoms with van der Waals surface area (Å²) in [6, 6.07) is 11.2. The second kappa shape index (κ2) is 8.60. The molecule has 4 aromatic rings. The molecule has 0 saturated carbocycles. The molecule has 7 nitrogen and oxygen atoms in total. The number of aromatic amines is 1. The Kier molecular flexibility index (Phi) is 5.73. The molecule has 1 saturated heterocycles. The molecule has 1 aliphatic rings. The zero-order valence-corrected chi connectivity index (χ0v) is 21.0. The van der Waals surface area contributed by atoms with Gasteiger partial charge in [-0.05, 0) is 44.4 Å². The van der Waals surface area contributed by atoms with Gasteiger partial charge >= 0.3 is 0 Å². The van der Waals surface area contributed by atoms with E-state index in [2.05, 4.69) is 16.9 Å². The number of rotatable bonds is 5. The highest BCUT2D eigenvalue weighted by atomic mass is 35.5. The molecule has 1 aliphatic heterocycles. The monoisotopic (exact) mass is 496 g/mol. The van der Waals surface area contributed by atoms with Crippen molar-refractivity contribution in [2.75, 3.05) is 20.8 Å². The lowest BCUT2D eigenvalue weighted by Crippen LogP contribution is -2.44. The number of ether oxygens (including phenoxy) is 2. The second-order valence-corrected chi connectivity index (χ2v) is 10.2. The normalized spacial score (nSPS) is 18.0. The maximum Gasteiger partial charge on any atom is 0.274 e. The standard InChI is InChI=1S/C25H25ClN4O3S/c1-14-27-21(22(34-14)15-6-8-16(26)9-7-15)23(31)30-11-5-10-25(30,2)24-28-17-12-19(32-3)20(33-4)13-18(17)29-24/h6-9,12-13H,5,10-11H2,1-4H3,(H,28,29). The fraction of sp³-hybridized carbons (Fsp3) is 0.320. The average Bonchev–Trinajstić information content (AvgIpc) is 3.54.